The van der Waals surface area contributed by atoms with Crippen LogP contribution in [0.1, 0.15) is 10.8 Å². The number of hydrogen-bond donors (Lipinski definition) is 1. The lowest BCUT2D eigenvalue weighted by molar-refractivity contribution is 0.416. The molecule has 0 saturated heterocycles. The Balaban J connectivity index is 1.57. The van der Waals surface area contributed by atoms with Gasteiger partial charge in [-0.1, -0.05) is 12.1 Å². The molecule has 0 bridgehead atoms. The number of methoxy groups -OCH3 is 1. The summed E-state index contributed by atoms with van der Waals surface area (Å²) in [6.45, 7) is 1.62. The molecule has 0 amide bonds. The summed E-state index contributed by atoms with van der Waals surface area (Å²) in [5.74, 6) is 1.81. The lowest BCUT2D eigenvalue weighted by atomic mass is 10.1. The van der Waals surface area contributed by atoms with Crippen LogP contribution in [0.5, 0.6) is 5.75 Å². The van der Waals surface area contributed by atoms with E-state index in [1.807, 2.05) is 36.4 Å². The van der Waals surface area contributed by atoms with Crippen molar-refractivity contribution in [3.8, 4) is 17.0 Å². The van der Waals surface area contributed by atoms with Crippen molar-refractivity contribution in [2.24, 2.45) is 0 Å². The molecule has 114 valence electrons. The molecule has 0 aliphatic heterocycles. The number of aromatic nitrogens is 1. The van der Waals surface area contributed by atoms with Crippen molar-refractivity contribution >= 4 is 11.3 Å². The van der Waals surface area contributed by atoms with Crippen LogP contribution in [0.4, 0.5) is 0 Å². The molecule has 0 atom stereocenters. The third-order valence-electron chi connectivity index (χ3n) is 3.33. The van der Waals surface area contributed by atoms with Gasteiger partial charge in [0.05, 0.1) is 30.6 Å². The molecule has 0 unspecified atom stereocenters. The lowest BCUT2D eigenvalue weighted by Crippen LogP contribution is -2.16. The number of furan rings is 1. The number of benzene rings is 1. The predicted molar refractivity (Wildman–Crippen MR) is 88.2 cm³/mol. The van der Waals surface area contributed by atoms with Gasteiger partial charge in [0.15, 0.2) is 0 Å². The van der Waals surface area contributed by atoms with Gasteiger partial charge in [-0.3, -0.25) is 0 Å². The first-order valence-corrected chi connectivity index (χ1v) is 8.05. The maximum absolute atomic E-state index is 5.39. The van der Waals surface area contributed by atoms with Crippen LogP contribution in [0.15, 0.2) is 52.5 Å². The second-order valence-corrected chi connectivity index (χ2v) is 5.78. The van der Waals surface area contributed by atoms with E-state index in [1.165, 1.54) is 0 Å². The van der Waals surface area contributed by atoms with Crippen molar-refractivity contribution in [2.45, 2.75) is 13.0 Å². The van der Waals surface area contributed by atoms with Gasteiger partial charge in [-0.15, -0.1) is 11.3 Å². The van der Waals surface area contributed by atoms with Crippen LogP contribution in [0.3, 0.4) is 0 Å². The van der Waals surface area contributed by atoms with Crippen molar-refractivity contribution in [1.82, 2.24) is 10.3 Å². The van der Waals surface area contributed by atoms with Gasteiger partial charge in [-0.25, -0.2) is 4.98 Å². The summed E-state index contributed by atoms with van der Waals surface area (Å²) in [5, 5.41) is 6.56. The van der Waals surface area contributed by atoms with E-state index in [2.05, 4.69) is 10.7 Å². The number of para-hydroxylation sites is 1. The third-order valence-corrected chi connectivity index (χ3v) is 4.24. The maximum atomic E-state index is 5.39. The molecule has 2 heterocycles. The minimum absolute atomic E-state index is 0.748. The summed E-state index contributed by atoms with van der Waals surface area (Å²) < 4.78 is 10.7. The van der Waals surface area contributed by atoms with Crippen LogP contribution in [-0.4, -0.2) is 18.6 Å². The Labute approximate surface area is 133 Å². The zero-order valence-corrected chi connectivity index (χ0v) is 13.2. The standard InChI is InChI=1S/C17H18N2O2S/c1-20-16-7-3-2-6-14(16)15-12-22-17(19-15)8-9-18-11-13-5-4-10-21-13/h2-7,10,12,18H,8-9,11H2,1H3. The Hall–Kier alpha value is -2.11. The monoisotopic (exact) mass is 314 g/mol. The third kappa shape index (κ3) is 3.55. The second-order valence-electron chi connectivity index (χ2n) is 4.83. The molecule has 1 aromatic carbocycles. The summed E-state index contributed by atoms with van der Waals surface area (Å²) in [7, 11) is 1.69. The molecule has 3 rings (SSSR count). The van der Waals surface area contributed by atoms with Crippen molar-refractivity contribution in [1.29, 1.82) is 0 Å². The maximum Gasteiger partial charge on any atom is 0.128 e. The van der Waals surface area contributed by atoms with Crippen LogP contribution >= 0.6 is 11.3 Å². The van der Waals surface area contributed by atoms with Gasteiger partial charge >= 0.3 is 0 Å². The number of rotatable bonds is 7. The average Bonchev–Trinajstić information content (AvgIpc) is 3.23. The van der Waals surface area contributed by atoms with Gasteiger partial charge in [-0.2, -0.15) is 0 Å². The van der Waals surface area contributed by atoms with Crippen LogP contribution < -0.4 is 10.1 Å². The molecule has 0 aliphatic carbocycles. The fourth-order valence-corrected chi connectivity index (χ4v) is 3.02. The first-order valence-electron chi connectivity index (χ1n) is 7.17. The van der Waals surface area contributed by atoms with Crippen LogP contribution in [0.2, 0.25) is 0 Å². The minimum atomic E-state index is 0.748. The smallest absolute Gasteiger partial charge is 0.128 e. The summed E-state index contributed by atoms with van der Waals surface area (Å²) in [6, 6.07) is 11.8. The highest BCUT2D eigenvalue weighted by Crippen LogP contribution is 2.30. The van der Waals surface area contributed by atoms with Gasteiger partial charge in [0.25, 0.3) is 0 Å². The fourth-order valence-electron chi connectivity index (χ4n) is 2.23. The first-order chi connectivity index (χ1) is 10.9. The van der Waals surface area contributed by atoms with Crippen molar-refractivity contribution in [2.75, 3.05) is 13.7 Å². The van der Waals surface area contributed by atoms with E-state index in [0.717, 1.165) is 47.3 Å². The normalized spacial score (nSPS) is 10.8. The van der Waals surface area contributed by atoms with E-state index in [-0.39, 0.29) is 0 Å². The molecule has 0 radical (unpaired) electrons. The highest BCUT2D eigenvalue weighted by Gasteiger charge is 2.09. The van der Waals surface area contributed by atoms with Crippen LogP contribution in [0, 0.1) is 0 Å². The number of ether oxygens (including phenoxy) is 1. The SMILES string of the molecule is COc1ccccc1-c1csc(CCNCc2ccco2)n1. The van der Waals surface area contributed by atoms with Crippen LogP contribution in [-0.2, 0) is 13.0 Å². The van der Waals surface area contributed by atoms with Crippen molar-refractivity contribution in [3.05, 3.63) is 58.8 Å². The van der Waals surface area contributed by atoms with E-state index < -0.39 is 0 Å². The van der Waals surface area contributed by atoms with E-state index in [4.69, 9.17) is 14.1 Å². The topological polar surface area (TPSA) is 47.3 Å². The molecule has 2 aromatic heterocycles. The molecule has 1 N–H and O–H groups in total. The van der Waals surface area contributed by atoms with Crippen molar-refractivity contribution in [3.63, 3.8) is 0 Å². The number of thiazole rings is 1. The Morgan fingerprint density at radius 2 is 2.14 bits per heavy atom. The molecular formula is C17H18N2O2S. The van der Waals surface area contributed by atoms with Gasteiger partial charge < -0.3 is 14.5 Å². The molecule has 3 aromatic rings. The molecule has 5 heteroatoms. The predicted octanol–water partition coefficient (Wildman–Crippen LogP) is 3.74. The van der Waals surface area contributed by atoms with E-state index in [0.29, 0.717) is 0 Å². The summed E-state index contributed by atoms with van der Waals surface area (Å²) >= 11 is 1.68. The zero-order valence-electron chi connectivity index (χ0n) is 12.4. The Bertz CT molecular complexity index is 707. The molecule has 22 heavy (non-hydrogen) atoms. The van der Waals surface area contributed by atoms with Crippen LogP contribution in [0.25, 0.3) is 11.3 Å². The molecular weight excluding hydrogens is 296 g/mol. The van der Waals surface area contributed by atoms with Gasteiger partial charge in [0.1, 0.15) is 11.5 Å². The van der Waals surface area contributed by atoms with E-state index in [9.17, 15) is 0 Å². The minimum Gasteiger partial charge on any atom is -0.496 e. The quantitative estimate of drug-likeness (QED) is 0.675. The molecule has 4 nitrogen and oxygen atoms in total. The van der Waals surface area contributed by atoms with Gasteiger partial charge in [0.2, 0.25) is 0 Å². The second kappa shape index (κ2) is 7.24. The molecule has 0 spiro atoms. The van der Waals surface area contributed by atoms with E-state index >= 15 is 0 Å². The molecule has 0 aliphatic rings. The lowest BCUT2D eigenvalue weighted by Gasteiger charge is -2.05. The average molecular weight is 314 g/mol. The number of nitrogens with one attached hydrogen (secondary N) is 1. The van der Waals surface area contributed by atoms with Gasteiger partial charge in [-0.05, 0) is 24.3 Å². The Morgan fingerprint density at radius 1 is 1.23 bits per heavy atom. The fraction of sp³-hybridized carbons (Fsp3) is 0.235. The van der Waals surface area contributed by atoms with Crippen molar-refractivity contribution < 1.29 is 9.15 Å². The summed E-state index contributed by atoms with van der Waals surface area (Å²) in [4.78, 5) is 4.70. The van der Waals surface area contributed by atoms with Gasteiger partial charge in [0, 0.05) is 23.9 Å². The zero-order chi connectivity index (χ0) is 15.2. The molecule has 0 saturated carbocycles. The number of nitrogens with zero attached hydrogens (tertiary/aromatic N) is 1. The highest BCUT2D eigenvalue weighted by atomic mass is 32.1. The first kappa shape index (κ1) is 14.8. The largest absolute Gasteiger partial charge is 0.496 e. The van der Waals surface area contributed by atoms with E-state index in [1.54, 1.807) is 24.7 Å². The summed E-state index contributed by atoms with van der Waals surface area (Å²) in [5.41, 5.74) is 2.01. The summed E-state index contributed by atoms with van der Waals surface area (Å²) in [6.07, 6.45) is 2.60. The number of hydrogen-bond acceptors (Lipinski definition) is 5. The Morgan fingerprint density at radius 3 is 2.95 bits per heavy atom. The highest BCUT2D eigenvalue weighted by molar-refractivity contribution is 7.09. The Kier molecular flexibility index (Phi) is 4.88. The molecule has 0 fully saturated rings.